The van der Waals surface area contributed by atoms with Gasteiger partial charge in [0.25, 0.3) is 0 Å². The van der Waals surface area contributed by atoms with Crippen LogP contribution in [0.3, 0.4) is 0 Å². The number of fused-ring (bicyclic) bond motifs is 1. The topological polar surface area (TPSA) is 38.0 Å². The van der Waals surface area contributed by atoms with Crippen molar-refractivity contribution in [2.75, 3.05) is 0 Å². The van der Waals surface area contributed by atoms with E-state index in [9.17, 15) is 0 Å². The molecule has 0 aliphatic heterocycles. The third kappa shape index (κ3) is 1.67. The van der Waals surface area contributed by atoms with Gasteiger partial charge in [-0.25, -0.2) is 0 Å². The summed E-state index contributed by atoms with van der Waals surface area (Å²) in [5.41, 5.74) is 0. The molecule has 2 aromatic carbocycles. The van der Waals surface area contributed by atoms with Crippen LogP contribution in [0.4, 0.5) is 0 Å². The van der Waals surface area contributed by atoms with Gasteiger partial charge in [-0.1, -0.05) is 36.4 Å². The molecule has 0 spiro atoms. The van der Waals surface area contributed by atoms with Gasteiger partial charge in [-0.05, 0) is 28.8 Å². The van der Waals surface area contributed by atoms with E-state index in [1.165, 1.54) is 22.7 Å². The first-order valence-corrected chi connectivity index (χ1v) is 4.83. The van der Waals surface area contributed by atoms with E-state index >= 15 is 0 Å². The number of nitrogens with two attached hydrogens (primary N) is 1. The lowest BCUT2D eigenvalue weighted by molar-refractivity contribution is 1.12. The zero-order chi connectivity index (χ0) is 9.10. The standard InChI is InChI=1S/C10H10N2S/c11-12-13-10-7-3-5-8-4-1-2-6-9(8)10/h1-7,12H,11H2. The van der Waals surface area contributed by atoms with Crippen molar-refractivity contribution in [1.82, 2.24) is 4.83 Å². The van der Waals surface area contributed by atoms with Crippen molar-refractivity contribution >= 4 is 22.7 Å². The molecule has 0 atom stereocenters. The van der Waals surface area contributed by atoms with Crippen LogP contribution < -0.4 is 10.7 Å². The Balaban J connectivity index is 2.61. The molecular formula is C10H10N2S. The number of hydrogen-bond donors (Lipinski definition) is 2. The lowest BCUT2D eigenvalue weighted by Crippen LogP contribution is -2.11. The summed E-state index contributed by atoms with van der Waals surface area (Å²) >= 11 is 1.43. The highest BCUT2D eigenvalue weighted by Gasteiger charge is 1.98. The number of rotatable bonds is 2. The van der Waals surface area contributed by atoms with Gasteiger partial charge in [-0.15, -0.1) is 0 Å². The van der Waals surface area contributed by atoms with Crippen LogP contribution in [0.15, 0.2) is 47.4 Å². The zero-order valence-corrected chi connectivity index (χ0v) is 7.84. The van der Waals surface area contributed by atoms with E-state index in [-0.39, 0.29) is 0 Å². The monoisotopic (exact) mass is 190 g/mol. The minimum absolute atomic E-state index is 1.15. The molecule has 0 bridgehead atoms. The molecule has 2 aromatic rings. The van der Waals surface area contributed by atoms with E-state index in [0.717, 1.165) is 4.90 Å². The van der Waals surface area contributed by atoms with Crippen LogP contribution in [-0.4, -0.2) is 0 Å². The number of hydrogen-bond acceptors (Lipinski definition) is 3. The van der Waals surface area contributed by atoms with Gasteiger partial charge in [0.1, 0.15) is 0 Å². The average molecular weight is 190 g/mol. The Labute approximate surface area is 81.2 Å². The molecule has 0 fully saturated rings. The molecule has 3 N–H and O–H groups in total. The molecule has 0 heterocycles. The zero-order valence-electron chi connectivity index (χ0n) is 7.03. The third-order valence-corrected chi connectivity index (χ3v) is 2.61. The molecule has 0 radical (unpaired) electrons. The summed E-state index contributed by atoms with van der Waals surface area (Å²) in [5.74, 6) is 5.26. The highest BCUT2D eigenvalue weighted by Crippen LogP contribution is 2.24. The van der Waals surface area contributed by atoms with Gasteiger partial charge in [-0.2, -0.15) is 4.83 Å². The van der Waals surface area contributed by atoms with Gasteiger partial charge >= 0.3 is 0 Å². The molecule has 2 nitrogen and oxygen atoms in total. The van der Waals surface area contributed by atoms with Crippen molar-refractivity contribution < 1.29 is 0 Å². The van der Waals surface area contributed by atoms with E-state index in [2.05, 4.69) is 23.0 Å². The molecule has 0 unspecified atom stereocenters. The van der Waals surface area contributed by atoms with Gasteiger partial charge in [0, 0.05) is 4.90 Å². The van der Waals surface area contributed by atoms with Gasteiger partial charge in [0.05, 0.1) is 0 Å². The fourth-order valence-corrected chi connectivity index (χ4v) is 1.92. The van der Waals surface area contributed by atoms with Crippen LogP contribution >= 0.6 is 11.9 Å². The Morgan fingerprint density at radius 3 is 2.62 bits per heavy atom. The second-order valence-corrected chi connectivity index (χ2v) is 3.58. The fraction of sp³-hybridized carbons (Fsp3) is 0. The summed E-state index contributed by atoms with van der Waals surface area (Å²) in [4.78, 5) is 3.75. The molecule has 0 aliphatic carbocycles. The van der Waals surface area contributed by atoms with E-state index in [1.54, 1.807) is 0 Å². The highest BCUT2D eigenvalue weighted by atomic mass is 32.2. The average Bonchev–Trinajstić information content (AvgIpc) is 2.19. The second-order valence-electron chi connectivity index (χ2n) is 2.70. The predicted octanol–water partition coefficient (Wildman–Crippen LogP) is 2.31. The maximum atomic E-state index is 5.26. The Hall–Kier alpha value is -1.03. The summed E-state index contributed by atoms with van der Waals surface area (Å²) in [5, 5.41) is 2.47. The number of nitrogens with one attached hydrogen (secondary N) is 1. The van der Waals surface area contributed by atoms with E-state index in [1.807, 2.05) is 24.3 Å². The lowest BCUT2D eigenvalue weighted by atomic mass is 10.1. The van der Waals surface area contributed by atoms with Gasteiger partial charge in [-0.3, -0.25) is 5.84 Å². The Morgan fingerprint density at radius 1 is 1.00 bits per heavy atom. The minimum atomic E-state index is 1.15. The van der Waals surface area contributed by atoms with Crippen molar-refractivity contribution in [3.05, 3.63) is 42.5 Å². The molecule has 0 saturated heterocycles. The first-order valence-electron chi connectivity index (χ1n) is 4.02. The first-order chi connectivity index (χ1) is 6.42. The van der Waals surface area contributed by atoms with Gasteiger partial charge in [0.15, 0.2) is 0 Å². The summed E-state index contributed by atoms with van der Waals surface area (Å²) in [6, 6.07) is 14.4. The first kappa shape index (κ1) is 8.56. The maximum absolute atomic E-state index is 5.26. The van der Waals surface area contributed by atoms with Crippen LogP contribution in [0.5, 0.6) is 0 Å². The van der Waals surface area contributed by atoms with Crippen LogP contribution in [-0.2, 0) is 0 Å². The maximum Gasteiger partial charge on any atom is 0.0318 e. The smallest absolute Gasteiger partial charge is 0.0318 e. The molecule has 66 valence electrons. The molecule has 0 aliphatic rings. The minimum Gasteiger partial charge on any atom is -0.261 e. The van der Waals surface area contributed by atoms with Gasteiger partial charge < -0.3 is 0 Å². The Morgan fingerprint density at radius 2 is 1.77 bits per heavy atom. The van der Waals surface area contributed by atoms with Crippen molar-refractivity contribution in [3.63, 3.8) is 0 Å². The lowest BCUT2D eigenvalue weighted by Gasteiger charge is -2.03. The van der Waals surface area contributed by atoms with Crippen LogP contribution in [0.25, 0.3) is 10.8 Å². The SMILES string of the molecule is NNSc1cccc2ccccc12. The number of hydrazine groups is 1. The molecule has 13 heavy (non-hydrogen) atoms. The highest BCUT2D eigenvalue weighted by molar-refractivity contribution is 7.97. The molecule has 0 aromatic heterocycles. The van der Waals surface area contributed by atoms with Crippen molar-refractivity contribution in [2.45, 2.75) is 4.90 Å². The summed E-state index contributed by atoms with van der Waals surface area (Å²) < 4.78 is 0. The van der Waals surface area contributed by atoms with Gasteiger partial charge in [0.2, 0.25) is 0 Å². The Bertz CT molecular complexity index is 409. The van der Waals surface area contributed by atoms with Crippen LogP contribution in [0.1, 0.15) is 0 Å². The van der Waals surface area contributed by atoms with Crippen LogP contribution in [0.2, 0.25) is 0 Å². The normalized spacial score (nSPS) is 10.5. The van der Waals surface area contributed by atoms with Crippen molar-refractivity contribution in [3.8, 4) is 0 Å². The van der Waals surface area contributed by atoms with Crippen LogP contribution in [0, 0.1) is 0 Å². The van der Waals surface area contributed by atoms with E-state index in [4.69, 9.17) is 5.84 Å². The second kappa shape index (κ2) is 3.79. The third-order valence-electron chi connectivity index (χ3n) is 1.92. The van der Waals surface area contributed by atoms with E-state index in [0.29, 0.717) is 0 Å². The molecule has 0 saturated carbocycles. The Kier molecular flexibility index (Phi) is 2.49. The van der Waals surface area contributed by atoms with Crippen molar-refractivity contribution in [1.29, 1.82) is 0 Å². The molecule has 2 rings (SSSR count). The molecule has 3 heteroatoms. The van der Waals surface area contributed by atoms with E-state index < -0.39 is 0 Å². The fourth-order valence-electron chi connectivity index (χ4n) is 1.35. The molecular weight excluding hydrogens is 180 g/mol. The number of benzene rings is 2. The molecule has 0 amide bonds. The summed E-state index contributed by atoms with van der Waals surface area (Å²) in [6.07, 6.45) is 0. The van der Waals surface area contributed by atoms with Crippen molar-refractivity contribution in [2.24, 2.45) is 5.84 Å². The quantitative estimate of drug-likeness (QED) is 0.433. The summed E-state index contributed by atoms with van der Waals surface area (Å²) in [6.45, 7) is 0. The predicted molar refractivity (Wildman–Crippen MR) is 57.1 cm³/mol. The largest absolute Gasteiger partial charge is 0.261 e. The summed E-state index contributed by atoms with van der Waals surface area (Å²) in [7, 11) is 0.